The molecule has 2 rings (SSSR count). The topological polar surface area (TPSA) is 94.1 Å². The zero-order valence-corrected chi connectivity index (χ0v) is 13.9. The fraction of sp³-hybridized carbons (Fsp3) is 0.562. The maximum atomic E-state index is 13.3. The van der Waals surface area contributed by atoms with Crippen LogP contribution in [0.5, 0.6) is 5.75 Å². The standard InChI is InChI=1S/C16H22FN2O5/c1-16(2,3)24-15(20)18-11-5-6-12(9-11)23-14-8-10(17)4-7-13(14)19(21)22/h4,7-8,11-12,21H,5-6,9H2,1-3H3,(H,18,20)/q-1/t11-,12-/m0/s1. The van der Waals surface area contributed by atoms with E-state index in [4.69, 9.17) is 14.7 Å². The van der Waals surface area contributed by atoms with Crippen molar-refractivity contribution in [2.45, 2.75) is 57.8 Å². The second kappa shape index (κ2) is 7.23. The molecular weight excluding hydrogens is 319 g/mol. The first-order valence-corrected chi connectivity index (χ1v) is 7.76. The molecule has 1 amide bonds. The van der Waals surface area contributed by atoms with Gasteiger partial charge >= 0.3 is 6.09 Å². The third-order valence-corrected chi connectivity index (χ3v) is 3.53. The number of amides is 1. The number of benzene rings is 1. The number of hydrogen-bond donors (Lipinski definition) is 2. The molecule has 0 aromatic heterocycles. The molecule has 0 bridgehead atoms. The number of nitrogens with zero attached hydrogens (tertiary/aromatic N) is 1. The number of anilines is 1. The highest BCUT2D eigenvalue weighted by atomic mass is 19.1. The molecule has 2 N–H and O–H groups in total. The van der Waals surface area contributed by atoms with Crippen LogP contribution in [0.25, 0.3) is 0 Å². The van der Waals surface area contributed by atoms with Crippen molar-refractivity contribution >= 4 is 11.8 Å². The number of alkyl carbamates (subject to hydrolysis) is 1. The molecule has 0 aliphatic heterocycles. The van der Waals surface area contributed by atoms with Crippen molar-refractivity contribution in [1.82, 2.24) is 5.32 Å². The third kappa shape index (κ3) is 5.24. The molecule has 1 aliphatic carbocycles. The van der Waals surface area contributed by atoms with Crippen LogP contribution in [0, 0.1) is 11.0 Å². The summed E-state index contributed by atoms with van der Waals surface area (Å²) in [5.74, 6) is -0.604. The van der Waals surface area contributed by atoms with Crippen LogP contribution >= 0.6 is 0 Å². The summed E-state index contributed by atoms with van der Waals surface area (Å²) < 4.78 is 24.2. The smallest absolute Gasteiger partial charge is 0.407 e. The quantitative estimate of drug-likeness (QED) is 0.816. The van der Waals surface area contributed by atoms with Crippen molar-refractivity contribution in [3.63, 3.8) is 0 Å². The minimum Gasteiger partial charge on any atom is -0.733 e. The van der Waals surface area contributed by atoms with Gasteiger partial charge in [0.2, 0.25) is 0 Å². The molecule has 0 saturated heterocycles. The minimum atomic E-state index is -0.576. The molecule has 1 aliphatic rings. The van der Waals surface area contributed by atoms with E-state index in [1.165, 1.54) is 0 Å². The highest BCUT2D eigenvalue weighted by molar-refractivity contribution is 5.68. The van der Waals surface area contributed by atoms with E-state index in [1.54, 1.807) is 20.8 Å². The Balaban J connectivity index is 1.93. The van der Waals surface area contributed by atoms with Gasteiger partial charge in [0, 0.05) is 18.5 Å². The fourth-order valence-electron chi connectivity index (χ4n) is 2.57. The van der Waals surface area contributed by atoms with Gasteiger partial charge in [0.05, 0.1) is 5.69 Å². The van der Waals surface area contributed by atoms with Crippen LogP contribution in [-0.2, 0) is 4.74 Å². The minimum absolute atomic E-state index is 0.0320. The predicted molar refractivity (Wildman–Crippen MR) is 85.5 cm³/mol. The Bertz CT molecular complexity index is 588. The molecule has 1 fully saturated rings. The van der Waals surface area contributed by atoms with Crippen molar-refractivity contribution in [1.29, 1.82) is 0 Å². The van der Waals surface area contributed by atoms with Gasteiger partial charge in [-0.25, -0.2) is 9.18 Å². The van der Waals surface area contributed by atoms with Crippen LogP contribution < -0.4 is 15.3 Å². The molecule has 1 saturated carbocycles. The number of nitrogens with one attached hydrogen (secondary N) is 1. The van der Waals surface area contributed by atoms with Crippen LogP contribution in [-0.4, -0.2) is 29.0 Å². The molecule has 0 spiro atoms. The highest BCUT2D eigenvalue weighted by Gasteiger charge is 2.29. The monoisotopic (exact) mass is 341 g/mol. The maximum absolute atomic E-state index is 13.3. The average molecular weight is 341 g/mol. The van der Waals surface area contributed by atoms with Gasteiger partial charge in [0.25, 0.3) is 0 Å². The summed E-state index contributed by atoms with van der Waals surface area (Å²) >= 11 is 0. The molecule has 0 unspecified atom stereocenters. The normalized spacial score (nSPS) is 20.6. The summed E-state index contributed by atoms with van der Waals surface area (Å²) in [5.41, 5.74) is -0.742. The molecule has 2 atom stereocenters. The lowest BCUT2D eigenvalue weighted by atomic mass is 10.2. The number of rotatable bonds is 4. The van der Waals surface area contributed by atoms with Gasteiger partial charge in [-0.1, -0.05) is 0 Å². The van der Waals surface area contributed by atoms with E-state index < -0.39 is 17.5 Å². The summed E-state index contributed by atoms with van der Waals surface area (Å²) in [4.78, 5) is 11.8. The van der Waals surface area contributed by atoms with Crippen molar-refractivity contribution in [3.8, 4) is 5.75 Å². The maximum Gasteiger partial charge on any atom is 0.407 e. The van der Waals surface area contributed by atoms with Gasteiger partial charge in [-0.15, -0.1) is 0 Å². The Morgan fingerprint density at radius 3 is 2.75 bits per heavy atom. The zero-order valence-electron chi connectivity index (χ0n) is 13.9. The first kappa shape index (κ1) is 18.3. The highest BCUT2D eigenvalue weighted by Crippen LogP contribution is 2.32. The van der Waals surface area contributed by atoms with Crippen molar-refractivity contribution in [2.75, 3.05) is 5.23 Å². The van der Waals surface area contributed by atoms with Crippen LogP contribution in [0.3, 0.4) is 0 Å². The molecule has 0 radical (unpaired) electrons. The van der Waals surface area contributed by atoms with Gasteiger partial charge in [0.15, 0.2) is 0 Å². The molecule has 7 nitrogen and oxygen atoms in total. The largest absolute Gasteiger partial charge is 0.733 e. The summed E-state index contributed by atoms with van der Waals surface area (Å²) in [6.07, 6.45) is 1.00. The lowest BCUT2D eigenvalue weighted by Gasteiger charge is -2.26. The summed E-state index contributed by atoms with van der Waals surface area (Å²) in [5, 5.41) is 22.5. The number of hydrogen-bond acceptors (Lipinski definition) is 6. The molecule has 24 heavy (non-hydrogen) atoms. The summed E-state index contributed by atoms with van der Waals surface area (Å²) in [7, 11) is 0. The van der Waals surface area contributed by atoms with E-state index in [9.17, 15) is 14.4 Å². The summed E-state index contributed by atoms with van der Waals surface area (Å²) in [6, 6.07) is 3.12. The van der Waals surface area contributed by atoms with Crippen molar-refractivity contribution in [3.05, 3.63) is 29.2 Å². The molecule has 134 valence electrons. The average Bonchev–Trinajstić information content (AvgIpc) is 2.83. The second-order valence-electron chi connectivity index (χ2n) is 6.78. The van der Waals surface area contributed by atoms with Gasteiger partial charge in [-0.2, -0.15) is 0 Å². The van der Waals surface area contributed by atoms with E-state index >= 15 is 0 Å². The zero-order chi connectivity index (χ0) is 17.9. The van der Waals surface area contributed by atoms with Crippen LogP contribution in [0.4, 0.5) is 14.9 Å². The van der Waals surface area contributed by atoms with Crippen molar-refractivity contribution in [2.24, 2.45) is 0 Å². The lowest BCUT2D eigenvalue weighted by molar-refractivity contribution is 0.0503. The van der Waals surface area contributed by atoms with E-state index in [1.807, 2.05) is 0 Å². The van der Waals surface area contributed by atoms with Gasteiger partial charge in [0.1, 0.15) is 23.3 Å². The Morgan fingerprint density at radius 1 is 1.42 bits per heavy atom. The van der Waals surface area contributed by atoms with Gasteiger partial charge in [-0.05, 0) is 45.7 Å². The van der Waals surface area contributed by atoms with Gasteiger partial charge in [-0.3, -0.25) is 5.21 Å². The van der Waals surface area contributed by atoms with Crippen LogP contribution in [0.1, 0.15) is 40.0 Å². The molecular formula is C16H22FN2O5-. The van der Waals surface area contributed by atoms with Crippen LogP contribution in [0.15, 0.2) is 18.2 Å². The first-order valence-electron chi connectivity index (χ1n) is 7.76. The summed E-state index contributed by atoms with van der Waals surface area (Å²) in [6.45, 7) is 5.34. The Hall–Kier alpha value is -2.06. The third-order valence-electron chi connectivity index (χ3n) is 3.53. The molecule has 1 aromatic rings. The SMILES string of the molecule is CC(C)(C)OC(=O)N[C@H]1CC[C@H](Oc2cc(F)ccc2N([O-])O)C1. The number of carbonyl (C=O) groups excluding carboxylic acids is 1. The molecule has 1 aromatic carbocycles. The predicted octanol–water partition coefficient (Wildman–Crippen LogP) is 3.34. The van der Waals surface area contributed by atoms with Gasteiger partial charge < -0.3 is 25.2 Å². The van der Waals surface area contributed by atoms with E-state index in [2.05, 4.69) is 5.32 Å². The molecule has 0 heterocycles. The number of carbonyl (C=O) groups is 1. The second-order valence-corrected chi connectivity index (χ2v) is 6.78. The molecule has 8 heteroatoms. The Morgan fingerprint density at radius 2 is 2.12 bits per heavy atom. The van der Waals surface area contributed by atoms with E-state index in [0.29, 0.717) is 19.3 Å². The Labute approximate surface area is 139 Å². The van der Waals surface area contributed by atoms with Crippen molar-refractivity contribution < 1.29 is 23.9 Å². The first-order chi connectivity index (χ1) is 11.1. The van der Waals surface area contributed by atoms with E-state index in [-0.39, 0.29) is 28.8 Å². The Kier molecular flexibility index (Phi) is 5.51. The van der Waals surface area contributed by atoms with Crippen LogP contribution in [0.2, 0.25) is 0 Å². The number of halogens is 1. The van der Waals surface area contributed by atoms with E-state index in [0.717, 1.165) is 18.2 Å². The fourth-order valence-corrected chi connectivity index (χ4v) is 2.57. The number of ether oxygens (including phenoxy) is 2. The lowest BCUT2D eigenvalue weighted by Crippen LogP contribution is -2.38.